The van der Waals surface area contributed by atoms with Gasteiger partial charge in [0.25, 0.3) is 0 Å². The van der Waals surface area contributed by atoms with Gasteiger partial charge in [0.2, 0.25) is 0 Å². The lowest BCUT2D eigenvalue weighted by molar-refractivity contribution is -0.387. The Morgan fingerprint density at radius 2 is 2.00 bits per heavy atom. The zero-order chi connectivity index (χ0) is 13.1. The number of hydrogen-bond donors (Lipinski definition) is 0. The average Bonchev–Trinajstić information content (AvgIpc) is 2.32. The van der Waals surface area contributed by atoms with Crippen LogP contribution < -0.4 is 0 Å². The van der Waals surface area contributed by atoms with E-state index in [1.807, 2.05) is 6.92 Å². The van der Waals surface area contributed by atoms with Crippen LogP contribution in [-0.2, 0) is 0 Å². The topological polar surface area (TPSA) is 68.9 Å². The first-order chi connectivity index (χ1) is 8.58. The molecule has 5 nitrogen and oxygen atoms in total. The van der Waals surface area contributed by atoms with Crippen LogP contribution in [0.25, 0.3) is 0 Å². The minimum absolute atomic E-state index is 0.108. The summed E-state index contributed by atoms with van der Waals surface area (Å²) in [4.78, 5) is 19.1. The van der Waals surface area contributed by atoms with E-state index in [1.165, 1.54) is 6.07 Å². The van der Waals surface area contributed by atoms with Crippen molar-refractivity contribution in [1.82, 2.24) is 9.97 Å². The minimum atomic E-state index is -0.501. The van der Waals surface area contributed by atoms with Crippen molar-refractivity contribution in [2.75, 3.05) is 0 Å². The number of rotatable bonds is 3. The lowest BCUT2D eigenvalue weighted by Crippen LogP contribution is -1.93. The highest BCUT2D eigenvalue weighted by Gasteiger charge is 2.19. The van der Waals surface area contributed by atoms with Crippen molar-refractivity contribution in [1.29, 1.82) is 0 Å². The van der Waals surface area contributed by atoms with Crippen LogP contribution in [0.5, 0.6) is 0 Å². The predicted molar refractivity (Wildman–Crippen MR) is 69.0 cm³/mol. The van der Waals surface area contributed by atoms with Gasteiger partial charge in [0, 0.05) is 12.4 Å². The molecule has 0 bridgehead atoms. The Hall–Kier alpha value is -1.66. The molecule has 0 aliphatic heterocycles. The van der Waals surface area contributed by atoms with Crippen LogP contribution in [0.15, 0.2) is 40.6 Å². The molecule has 7 heteroatoms. The van der Waals surface area contributed by atoms with Gasteiger partial charge in [-0.15, -0.1) is 0 Å². The van der Waals surface area contributed by atoms with Gasteiger partial charge in [-0.1, -0.05) is 17.7 Å². The fourth-order valence-electron chi connectivity index (χ4n) is 1.29. The third kappa shape index (κ3) is 2.77. The molecular weight excluding hydrogens is 274 g/mol. The Bertz CT molecular complexity index is 589. The van der Waals surface area contributed by atoms with Gasteiger partial charge >= 0.3 is 5.69 Å². The molecule has 0 saturated heterocycles. The molecule has 1 aromatic heterocycles. The van der Waals surface area contributed by atoms with Gasteiger partial charge in [-0.05, 0) is 36.4 Å². The van der Waals surface area contributed by atoms with Gasteiger partial charge in [-0.25, -0.2) is 9.97 Å². The summed E-state index contributed by atoms with van der Waals surface area (Å²) < 4.78 is 0. The zero-order valence-electron chi connectivity index (χ0n) is 9.33. The summed E-state index contributed by atoms with van der Waals surface area (Å²) >= 11 is 6.94. The third-order valence-electron chi connectivity index (χ3n) is 2.09. The van der Waals surface area contributed by atoms with E-state index >= 15 is 0 Å². The van der Waals surface area contributed by atoms with E-state index in [-0.39, 0.29) is 10.7 Å². The molecule has 1 aromatic carbocycles. The first-order valence-electron chi connectivity index (χ1n) is 4.97. The molecule has 1 heterocycles. The number of benzene rings is 1. The monoisotopic (exact) mass is 281 g/mol. The molecule has 18 heavy (non-hydrogen) atoms. The van der Waals surface area contributed by atoms with E-state index in [9.17, 15) is 10.1 Å². The molecule has 0 unspecified atom stereocenters. The van der Waals surface area contributed by atoms with Crippen molar-refractivity contribution in [3.8, 4) is 0 Å². The predicted octanol–water partition coefficient (Wildman–Crippen LogP) is 3.50. The molecule has 2 aromatic rings. The second-order valence-corrected chi connectivity index (χ2v) is 4.91. The van der Waals surface area contributed by atoms with E-state index in [0.29, 0.717) is 10.1 Å². The quantitative estimate of drug-likeness (QED) is 0.489. The second kappa shape index (κ2) is 5.32. The standard InChI is InChI=1S/C11H8ClN3O2S/c1-7-5-13-11(14-6-7)18-9-4-2-3-8(12)10(9)15(16)17/h2-6H,1H3. The number of aryl methyl sites for hydroxylation is 1. The number of hydrogen-bond acceptors (Lipinski definition) is 5. The Labute approximate surface area is 112 Å². The third-order valence-corrected chi connectivity index (χ3v) is 3.34. The van der Waals surface area contributed by atoms with Crippen LogP contribution in [-0.4, -0.2) is 14.9 Å². The van der Waals surface area contributed by atoms with Crippen molar-refractivity contribution in [3.05, 3.63) is 51.3 Å². The maximum atomic E-state index is 11.0. The molecule has 0 radical (unpaired) electrons. The first-order valence-corrected chi connectivity index (χ1v) is 6.17. The fourth-order valence-corrected chi connectivity index (χ4v) is 2.42. The van der Waals surface area contributed by atoms with E-state index in [0.717, 1.165) is 17.3 Å². The Balaban J connectivity index is 2.37. The molecule has 0 aliphatic carbocycles. The molecule has 0 amide bonds. The normalized spacial score (nSPS) is 10.3. The summed E-state index contributed by atoms with van der Waals surface area (Å²) in [5, 5.41) is 11.5. The maximum Gasteiger partial charge on any atom is 0.301 e. The first kappa shape index (κ1) is 12.8. The van der Waals surface area contributed by atoms with Gasteiger partial charge in [0.1, 0.15) is 5.02 Å². The highest BCUT2D eigenvalue weighted by molar-refractivity contribution is 7.99. The summed E-state index contributed by atoms with van der Waals surface area (Å²) in [7, 11) is 0. The molecule has 0 atom stereocenters. The Morgan fingerprint density at radius 1 is 1.33 bits per heavy atom. The van der Waals surface area contributed by atoms with Gasteiger partial charge < -0.3 is 0 Å². The van der Waals surface area contributed by atoms with Crippen LogP contribution in [0, 0.1) is 17.0 Å². The Kier molecular flexibility index (Phi) is 3.78. The van der Waals surface area contributed by atoms with E-state index in [2.05, 4.69) is 9.97 Å². The lowest BCUT2D eigenvalue weighted by Gasteiger charge is -2.03. The van der Waals surface area contributed by atoms with Crippen LogP contribution in [0.2, 0.25) is 5.02 Å². The molecule has 0 N–H and O–H groups in total. The summed E-state index contributed by atoms with van der Waals surface area (Å²) in [6.45, 7) is 1.87. The number of nitro benzene ring substituents is 1. The summed E-state index contributed by atoms with van der Waals surface area (Å²) in [6.07, 6.45) is 3.32. The van der Waals surface area contributed by atoms with Gasteiger partial charge in [-0.3, -0.25) is 10.1 Å². The number of aromatic nitrogens is 2. The van der Waals surface area contributed by atoms with Crippen LogP contribution in [0.3, 0.4) is 0 Å². The van der Waals surface area contributed by atoms with Gasteiger partial charge in [0.15, 0.2) is 5.16 Å². The summed E-state index contributed by atoms with van der Waals surface area (Å²) in [6, 6.07) is 4.77. The van der Waals surface area contributed by atoms with Crippen LogP contribution in [0.1, 0.15) is 5.56 Å². The zero-order valence-corrected chi connectivity index (χ0v) is 10.9. The number of halogens is 1. The minimum Gasteiger partial charge on any atom is -0.258 e. The molecule has 0 spiro atoms. The van der Waals surface area contributed by atoms with Crippen LogP contribution in [0.4, 0.5) is 5.69 Å². The summed E-state index contributed by atoms with van der Waals surface area (Å²) in [5.74, 6) is 0. The second-order valence-electron chi connectivity index (χ2n) is 3.49. The molecule has 0 fully saturated rings. The van der Waals surface area contributed by atoms with Crippen molar-refractivity contribution >= 4 is 29.1 Å². The van der Waals surface area contributed by atoms with Crippen molar-refractivity contribution in [2.24, 2.45) is 0 Å². The van der Waals surface area contributed by atoms with Crippen molar-refractivity contribution in [2.45, 2.75) is 17.0 Å². The largest absolute Gasteiger partial charge is 0.301 e. The van der Waals surface area contributed by atoms with Crippen molar-refractivity contribution < 1.29 is 4.92 Å². The summed E-state index contributed by atoms with van der Waals surface area (Å²) in [5.41, 5.74) is 0.813. The number of para-hydroxylation sites is 1. The average molecular weight is 282 g/mol. The van der Waals surface area contributed by atoms with E-state index in [4.69, 9.17) is 11.6 Å². The molecule has 92 valence electrons. The highest BCUT2D eigenvalue weighted by atomic mass is 35.5. The molecule has 0 saturated carbocycles. The SMILES string of the molecule is Cc1cnc(Sc2cccc(Cl)c2[N+](=O)[O-])nc1. The van der Waals surface area contributed by atoms with Gasteiger partial charge in [-0.2, -0.15) is 0 Å². The number of nitro groups is 1. The van der Waals surface area contributed by atoms with E-state index < -0.39 is 4.92 Å². The van der Waals surface area contributed by atoms with Gasteiger partial charge in [0.05, 0.1) is 9.82 Å². The molecular formula is C11H8ClN3O2S. The molecule has 2 rings (SSSR count). The Morgan fingerprint density at radius 3 is 2.61 bits per heavy atom. The van der Waals surface area contributed by atoms with Crippen LogP contribution >= 0.6 is 23.4 Å². The van der Waals surface area contributed by atoms with Crippen molar-refractivity contribution in [3.63, 3.8) is 0 Å². The highest BCUT2D eigenvalue weighted by Crippen LogP contribution is 2.37. The smallest absolute Gasteiger partial charge is 0.258 e. The fraction of sp³-hybridized carbons (Fsp3) is 0.0909. The van der Waals surface area contributed by atoms with E-state index in [1.54, 1.807) is 24.5 Å². The maximum absolute atomic E-state index is 11.0. The lowest BCUT2D eigenvalue weighted by atomic mass is 10.3. The number of nitrogens with zero attached hydrogens (tertiary/aromatic N) is 3. The molecule has 0 aliphatic rings.